The lowest BCUT2D eigenvalue weighted by Crippen LogP contribution is -2.54. The van der Waals surface area contributed by atoms with E-state index in [-0.39, 0.29) is 140 Å². The molecule has 2 fully saturated rings. The van der Waals surface area contributed by atoms with E-state index < -0.39 is 151 Å². The Morgan fingerprint density at radius 2 is 1.33 bits per heavy atom. The molecule has 2 saturated heterocycles. The second-order valence-corrected chi connectivity index (χ2v) is 20.8. The first kappa shape index (κ1) is 68.8. The third kappa shape index (κ3) is 23.2. The number of anilines is 2. The molecule has 1 aromatic carbocycles. The number of nitrogens with one attached hydrogen (secondary N) is 4. The molecule has 1 unspecified atom stereocenters. The quantitative estimate of drug-likeness (QED) is 0.00990. The second-order valence-electron chi connectivity index (χ2n) is 20.8. The molecule has 3 amide bonds. The van der Waals surface area contributed by atoms with Gasteiger partial charge in [0.25, 0.3) is 10.9 Å². The van der Waals surface area contributed by atoms with Crippen molar-refractivity contribution in [3.05, 3.63) is 20.4 Å². The van der Waals surface area contributed by atoms with Gasteiger partial charge in [-0.15, -0.1) is 0 Å². The molecule has 0 aliphatic carbocycles. The predicted octanol–water partition coefficient (Wildman–Crippen LogP) is -8.63. The van der Waals surface area contributed by atoms with Crippen molar-refractivity contribution in [1.29, 1.82) is 0 Å². The van der Waals surface area contributed by atoms with E-state index in [0.29, 0.717) is 12.7 Å². The van der Waals surface area contributed by atoms with Crippen molar-refractivity contribution < 1.29 is 83.4 Å². The van der Waals surface area contributed by atoms with Gasteiger partial charge in [-0.3, -0.25) is 62.9 Å². The normalized spacial score (nSPS) is 17.9. The van der Waals surface area contributed by atoms with E-state index in [1.165, 1.54) is 9.80 Å². The van der Waals surface area contributed by atoms with Crippen LogP contribution in [-0.4, -0.2) is 235 Å². The standard InChI is InChI=1S/C51H80N12O19/c1-30(2)22-35(38(67)24-32(29-65)47(77)57-34(49(79)80)6-3-10-55-51(52)53)58-46(76)31(25-39(68)69)23-33(66)26-56-48(78)36-8-5-11-63(36)43-42(44(74)45(43)75)54-9-4-7-37(50(81)82)62-18-16-59(20-21-64)12-13-60(27-40(70)71)14-15-61(17-19-62)28-41(72)73/h21,30-32,34-37,54,65H,3-20,22-29H2,1-2H3,(H,56,78)(H,57,77)(H,58,76)(H,68,69)(H,70,71)(H,72,73)(H,79,80)(H,81,82)(H4,52,53,55)/p-3/t31-,32-,34-,35-,36-,37?/m0/s1. The molecule has 0 bridgehead atoms. The Bertz CT molecular complexity index is 2500. The van der Waals surface area contributed by atoms with Gasteiger partial charge in [-0.2, -0.15) is 0 Å². The van der Waals surface area contributed by atoms with Crippen molar-refractivity contribution in [2.24, 2.45) is 34.2 Å². The van der Waals surface area contributed by atoms with Gasteiger partial charge in [0.2, 0.25) is 17.7 Å². The van der Waals surface area contributed by atoms with Crippen LogP contribution in [0.3, 0.4) is 0 Å². The van der Waals surface area contributed by atoms with Crippen LogP contribution >= 0.6 is 0 Å². The van der Waals surface area contributed by atoms with Crippen LogP contribution in [0.25, 0.3) is 0 Å². The number of carboxylic acid groups (broad SMARTS) is 5. The van der Waals surface area contributed by atoms with Gasteiger partial charge in [0.1, 0.15) is 29.7 Å². The van der Waals surface area contributed by atoms with E-state index in [1.807, 2.05) is 0 Å². The first-order chi connectivity index (χ1) is 38.8. The molecule has 0 spiro atoms. The smallest absolute Gasteiger partial charge is 0.326 e. The van der Waals surface area contributed by atoms with Crippen molar-refractivity contribution in [1.82, 2.24) is 35.6 Å². The zero-order valence-electron chi connectivity index (χ0n) is 46.2. The third-order valence-electron chi connectivity index (χ3n) is 14.0. The van der Waals surface area contributed by atoms with Gasteiger partial charge < -0.3 is 87.5 Å². The molecule has 6 atom stereocenters. The predicted molar refractivity (Wildman–Crippen MR) is 285 cm³/mol. The summed E-state index contributed by atoms with van der Waals surface area (Å²) in [6, 6.07) is -5.06. The highest BCUT2D eigenvalue weighted by atomic mass is 16.4. The van der Waals surface area contributed by atoms with Gasteiger partial charge >= 0.3 is 11.9 Å². The molecule has 0 saturated carbocycles. The summed E-state index contributed by atoms with van der Waals surface area (Å²) < 4.78 is 0. The third-order valence-corrected chi connectivity index (χ3v) is 14.0. The zero-order chi connectivity index (χ0) is 61.2. The minimum absolute atomic E-state index is 0.0156. The molecule has 31 heteroatoms. The maximum Gasteiger partial charge on any atom is 0.326 e. The number of carboxylic acids is 5. The summed E-state index contributed by atoms with van der Waals surface area (Å²) in [5.74, 6) is -14.8. The fraction of sp³-hybridized carbons (Fsp3) is 0.686. The number of aliphatic hydroxyl groups is 1. The van der Waals surface area contributed by atoms with Crippen molar-refractivity contribution >= 4 is 82.8 Å². The van der Waals surface area contributed by atoms with Crippen molar-refractivity contribution in [3.8, 4) is 0 Å². The number of carbonyl (C=O) groups is 11. The highest BCUT2D eigenvalue weighted by Gasteiger charge is 2.38. The Hall–Kier alpha value is -7.48. The van der Waals surface area contributed by atoms with Gasteiger partial charge in [0, 0.05) is 104 Å². The molecule has 458 valence electrons. The zero-order valence-corrected chi connectivity index (χ0v) is 46.2. The number of amides is 3. The lowest BCUT2D eigenvalue weighted by Gasteiger charge is -2.37. The Balaban J connectivity index is 1.66. The van der Waals surface area contributed by atoms with E-state index in [4.69, 9.17) is 11.5 Å². The van der Waals surface area contributed by atoms with Crippen LogP contribution < -0.4 is 63.8 Å². The molecular formula is C51H77N12O19-3. The SMILES string of the molecule is CC(C)C[C@H](NC(=O)[C@H](CC(=O)O)CC(=O)CNC(=O)[C@@H]1CCCN1c1c(NCCCC(C(=O)[O-])N2CCN(CC=O)CCN(CC(=O)[O-])CCN(CC(=O)[O-])CC2)c(=O)c1=O)C(=O)C[C@@H](CO)C(=O)N[C@@H](CCCN=C(N)N)C(=O)O. The average molecular weight is 1160 g/mol. The number of carbonyl (C=O) groups excluding carboxylic acids is 9. The minimum Gasteiger partial charge on any atom is -0.549 e. The summed E-state index contributed by atoms with van der Waals surface area (Å²) in [7, 11) is 0. The fourth-order valence-corrected chi connectivity index (χ4v) is 9.74. The molecular weight excluding hydrogens is 1080 g/mol. The highest BCUT2D eigenvalue weighted by molar-refractivity contribution is 5.97. The number of rotatable bonds is 36. The molecule has 0 aromatic heterocycles. The van der Waals surface area contributed by atoms with Crippen LogP contribution in [0.5, 0.6) is 0 Å². The lowest BCUT2D eigenvalue weighted by molar-refractivity contribution is -0.312. The van der Waals surface area contributed by atoms with Gasteiger partial charge in [-0.05, 0) is 50.9 Å². The van der Waals surface area contributed by atoms with Gasteiger partial charge in [0.05, 0.1) is 61.9 Å². The van der Waals surface area contributed by atoms with Gasteiger partial charge in [-0.25, -0.2) is 4.79 Å². The summed E-state index contributed by atoms with van der Waals surface area (Å²) in [6.07, 6.45) is -0.953. The van der Waals surface area contributed by atoms with Crippen LogP contribution in [0.4, 0.5) is 11.4 Å². The number of nitrogens with two attached hydrogens (primary N) is 2. The van der Waals surface area contributed by atoms with Crippen LogP contribution in [0.1, 0.15) is 78.1 Å². The van der Waals surface area contributed by atoms with E-state index in [0.717, 1.165) is 0 Å². The molecule has 3 rings (SSSR count). The Morgan fingerprint density at radius 1 is 0.744 bits per heavy atom. The lowest BCUT2D eigenvalue weighted by atomic mass is 9.91. The Labute approximate surface area is 472 Å². The second kappa shape index (κ2) is 34.7. The van der Waals surface area contributed by atoms with Crippen LogP contribution in [0.2, 0.25) is 0 Å². The van der Waals surface area contributed by atoms with E-state index in [2.05, 4.69) is 26.3 Å². The summed E-state index contributed by atoms with van der Waals surface area (Å²) in [5.41, 5.74) is 8.53. The molecule has 1 aromatic rings. The summed E-state index contributed by atoms with van der Waals surface area (Å²) in [5, 5.41) is 75.1. The fourth-order valence-electron chi connectivity index (χ4n) is 9.74. The van der Waals surface area contributed by atoms with Crippen LogP contribution in [-0.2, 0) is 52.7 Å². The number of ketones is 2. The van der Waals surface area contributed by atoms with Crippen LogP contribution in [0.15, 0.2) is 14.6 Å². The number of guanidine groups is 1. The topological polar surface area (TPSA) is 480 Å². The maximum absolute atomic E-state index is 13.6. The first-order valence-electron chi connectivity index (χ1n) is 27.1. The van der Waals surface area contributed by atoms with Gasteiger partial charge in [-0.1, -0.05) is 13.8 Å². The van der Waals surface area contributed by atoms with E-state index in [1.54, 1.807) is 28.5 Å². The maximum atomic E-state index is 13.6. The molecule has 2 aliphatic rings. The van der Waals surface area contributed by atoms with Crippen LogP contribution in [0, 0.1) is 17.8 Å². The van der Waals surface area contributed by atoms with E-state index in [9.17, 15) is 93.0 Å². The van der Waals surface area contributed by atoms with Crippen molar-refractivity contribution in [2.75, 3.05) is 115 Å². The first-order valence-corrected chi connectivity index (χ1v) is 27.1. The minimum atomic E-state index is -1.56. The Morgan fingerprint density at radius 3 is 1.88 bits per heavy atom. The summed E-state index contributed by atoms with van der Waals surface area (Å²) in [4.78, 5) is 176. The molecule has 82 heavy (non-hydrogen) atoms. The van der Waals surface area contributed by atoms with Crippen molar-refractivity contribution in [2.45, 2.75) is 102 Å². The molecule has 2 heterocycles. The molecule has 11 N–H and O–H groups in total. The summed E-state index contributed by atoms with van der Waals surface area (Å²) >= 11 is 0. The number of aliphatic hydroxyl groups excluding tert-OH is 1. The number of Topliss-reactive ketones (excluding diaryl/α,β-unsaturated/α-hetero) is 2. The number of aldehydes is 1. The molecule has 31 nitrogen and oxygen atoms in total. The monoisotopic (exact) mass is 1160 g/mol. The number of hydrogen-bond donors (Lipinski definition) is 9. The highest BCUT2D eigenvalue weighted by Crippen LogP contribution is 2.29. The van der Waals surface area contributed by atoms with Gasteiger partial charge in [0.15, 0.2) is 17.5 Å². The average Bonchev–Trinajstić information content (AvgIpc) is 4.00. The Kier molecular flexibility index (Phi) is 29.1. The number of hydrogen-bond acceptors (Lipinski definition) is 24. The molecule has 0 radical (unpaired) electrons. The van der Waals surface area contributed by atoms with E-state index >= 15 is 0 Å². The summed E-state index contributed by atoms with van der Waals surface area (Å²) in [6.45, 7) is 1.92. The number of nitrogens with zero attached hydrogens (tertiary/aromatic N) is 6. The number of aliphatic carboxylic acids is 5. The molecule has 2 aliphatic heterocycles. The van der Waals surface area contributed by atoms with Crippen molar-refractivity contribution in [3.63, 3.8) is 0 Å². The number of aliphatic imine (C=N–C) groups is 1. The largest absolute Gasteiger partial charge is 0.549 e.